The third-order valence-corrected chi connectivity index (χ3v) is 5.05. The molecule has 1 aromatic carbocycles. The van der Waals surface area contributed by atoms with Crippen molar-refractivity contribution in [1.29, 1.82) is 0 Å². The first kappa shape index (κ1) is 19.3. The molecule has 1 aliphatic rings. The second-order valence-electron chi connectivity index (χ2n) is 5.62. The molecule has 0 aliphatic carbocycles. The lowest BCUT2D eigenvalue weighted by Crippen LogP contribution is -2.27. The minimum Gasteiger partial charge on any atom is -0.466 e. The third-order valence-electron chi connectivity index (χ3n) is 3.79. The zero-order valence-corrected chi connectivity index (χ0v) is 16.0. The Bertz CT molecular complexity index is 922. The van der Waals surface area contributed by atoms with Gasteiger partial charge in [-0.25, -0.2) is 9.59 Å². The SMILES string of the molecule is COC(=O)/C=C1/SCC(=O)N1CCCOC(=O)c1cc2cc(Cl)ccc2o1. The number of amides is 1. The van der Waals surface area contributed by atoms with Crippen molar-refractivity contribution in [3.8, 4) is 0 Å². The Morgan fingerprint density at radius 1 is 1.37 bits per heavy atom. The van der Waals surface area contributed by atoms with E-state index in [4.69, 9.17) is 20.8 Å². The largest absolute Gasteiger partial charge is 0.466 e. The molecule has 2 aromatic rings. The molecule has 9 heteroatoms. The van der Waals surface area contributed by atoms with Crippen molar-refractivity contribution in [2.45, 2.75) is 6.42 Å². The van der Waals surface area contributed by atoms with Crippen molar-refractivity contribution < 1.29 is 28.3 Å². The highest BCUT2D eigenvalue weighted by Gasteiger charge is 2.27. The predicted molar refractivity (Wildman–Crippen MR) is 100 cm³/mol. The van der Waals surface area contributed by atoms with Gasteiger partial charge in [-0.3, -0.25) is 4.79 Å². The lowest BCUT2D eigenvalue weighted by Gasteiger charge is -2.16. The van der Waals surface area contributed by atoms with E-state index in [9.17, 15) is 14.4 Å². The number of carbonyl (C=O) groups is 3. The highest BCUT2D eigenvalue weighted by atomic mass is 35.5. The van der Waals surface area contributed by atoms with Gasteiger partial charge < -0.3 is 18.8 Å². The standard InChI is InChI=1S/C18H16ClNO6S/c1-24-17(22)9-16-20(15(21)10-27-16)5-2-6-25-18(23)14-8-11-7-12(19)3-4-13(11)26-14/h3-4,7-9H,2,5-6,10H2,1H3/b16-9+. The van der Waals surface area contributed by atoms with Crippen LogP contribution in [0.25, 0.3) is 11.0 Å². The Morgan fingerprint density at radius 2 is 2.19 bits per heavy atom. The maximum atomic E-state index is 12.1. The van der Waals surface area contributed by atoms with Crippen LogP contribution in [-0.2, 0) is 19.1 Å². The molecule has 2 heterocycles. The van der Waals surface area contributed by atoms with E-state index in [-0.39, 0.29) is 24.0 Å². The van der Waals surface area contributed by atoms with Crippen LogP contribution in [0.15, 0.2) is 39.8 Å². The van der Waals surface area contributed by atoms with Gasteiger partial charge in [-0.1, -0.05) is 23.4 Å². The lowest BCUT2D eigenvalue weighted by atomic mass is 10.2. The molecule has 7 nitrogen and oxygen atoms in total. The number of benzene rings is 1. The molecule has 0 saturated carbocycles. The number of nitrogens with zero attached hydrogens (tertiary/aromatic N) is 1. The van der Waals surface area contributed by atoms with Gasteiger partial charge in [0.25, 0.3) is 0 Å². The minimum atomic E-state index is -0.588. The Kier molecular flexibility index (Phi) is 6.08. The molecule has 0 unspecified atom stereocenters. The van der Waals surface area contributed by atoms with Gasteiger partial charge in [-0.05, 0) is 30.7 Å². The van der Waals surface area contributed by atoms with Crippen LogP contribution in [0.1, 0.15) is 17.0 Å². The maximum absolute atomic E-state index is 12.1. The summed E-state index contributed by atoms with van der Waals surface area (Å²) < 4.78 is 15.2. The van der Waals surface area contributed by atoms with Crippen molar-refractivity contribution in [1.82, 2.24) is 4.90 Å². The van der Waals surface area contributed by atoms with E-state index in [0.717, 1.165) is 0 Å². The summed E-state index contributed by atoms with van der Waals surface area (Å²) in [4.78, 5) is 36.8. The summed E-state index contributed by atoms with van der Waals surface area (Å²) in [6.45, 7) is 0.439. The fourth-order valence-electron chi connectivity index (χ4n) is 2.50. The number of hydrogen-bond donors (Lipinski definition) is 0. The quantitative estimate of drug-likeness (QED) is 0.411. The van der Waals surface area contributed by atoms with E-state index >= 15 is 0 Å². The summed E-state index contributed by atoms with van der Waals surface area (Å²) in [7, 11) is 1.27. The molecule has 3 rings (SSSR count). The van der Waals surface area contributed by atoms with E-state index in [1.54, 1.807) is 24.3 Å². The fourth-order valence-corrected chi connectivity index (χ4v) is 3.64. The zero-order chi connectivity index (χ0) is 19.4. The van der Waals surface area contributed by atoms with Gasteiger partial charge in [0.05, 0.1) is 30.6 Å². The summed E-state index contributed by atoms with van der Waals surface area (Å²) >= 11 is 7.18. The Morgan fingerprint density at radius 3 is 2.96 bits per heavy atom. The van der Waals surface area contributed by atoms with E-state index < -0.39 is 11.9 Å². The molecule has 1 aromatic heterocycles. The van der Waals surface area contributed by atoms with Crippen molar-refractivity contribution >= 4 is 52.2 Å². The molecule has 0 radical (unpaired) electrons. The van der Waals surface area contributed by atoms with Gasteiger partial charge >= 0.3 is 11.9 Å². The maximum Gasteiger partial charge on any atom is 0.374 e. The molecule has 0 spiro atoms. The number of hydrogen-bond acceptors (Lipinski definition) is 7. The average Bonchev–Trinajstić information content (AvgIpc) is 3.22. The van der Waals surface area contributed by atoms with Crippen LogP contribution in [0.4, 0.5) is 0 Å². The normalized spacial score (nSPS) is 15.6. The number of rotatable bonds is 6. The first-order valence-corrected chi connectivity index (χ1v) is 9.43. The summed E-state index contributed by atoms with van der Waals surface area (Å²) in [5.74, 6) is -0.852. The Balaban J connectivity index is 1.52. The van der Waals surface area contributed by atoms with Crippen molar-refractivity contribution in [2.75, 3.05) is 26.0 Å². The number of esters is 2. The van der Waals surface area contributed by atoms with Crippen LogP contribution in [0.3, 0.4) is 0 Å². The molecule has 27 heavy (non-hydrogen) atoms. The summed E-state index contributed by atoms with van der Waals surface area (Å²) in [5, 5.41) is 1.80. The minimum absolute atomic E-state index is 0.0892. The third kappa shape index (κ3) is 4.64. The van der Waals surface area contributed by atoms with E-state index in [2.05, 4.69) is 4.74 Å². The average molecular weight is 410 g/mol. The molecule has 0 atom stereocenters. The second-order valence-corrected chi connectivity index (χ2v) is 7.05. The van der Waals surface area contributed by atoms with Gasteiger partial charge in [0.1, 0.15) is 5.58 Å². The van der Waals surface area contributed by atoms with Crippen LogP contribution < -0.4 is 0 Å². The molecule has 1 amide bonds. The van der Waals surface area contributed by atoms with Gasteiger partial charge in [0, 0.05) is 17.0 Å². The number of furan rings is 1. The van der Waals surface area contributed by atoms with Crippen molar-refractivity contribution in [3.05, 3.63) is 46.2 Å². The number of halogens is 1. The highest BCUT2D eigenvalue weighted by Crippen LogP contribution is 2.29. The number of methoxy groups -OCH3 is 1. The number of fused-ring (bicyclic) bond motifs is 1. The molecular weight excluding hydrogens is 394 g/mol. The Hall–Kier alpha value is -2.45. The van der Waals surface area contributed by atoms with Crippen molar-refractivity contribution in [2.24, 2.45) is 0 Å². The molecule has 1 saturated heterocycles. The van der Waals surface area contributed by atoms with Gasteiger partial charge in [0.2, 0.25) is 11.7 Å². The van der Waals surface area contributed by atoms with E-state index in [0.29, 0.717) is 34.0 Å². The monoisotopic (exact) mass is 409 g/mol. The van der Waals surface area contributed by atoms with Gasteiger partial charge in [-0.15, -0.1) is 0 Å². The summed E-state index contributed by atoms with van der Waals surface area (Å²) in [6.07, 6.45) is 1.70. The van der Waals surface area contributed by atoms with Crippen molar-refractivity contribution in [3.63, 3.8) is 0 Å². The summed E-state index contributed by atoms with van der Waals surface area (Å²) in [6, 6.07) is 6.62. The first-order valence-electron chi connectivity index (χ1n) is 8.07. The number of carbonyl (C=O) groups excluding carboxylic acids is 3. The number of ether oxygens (including phenoxy) is 2. The van der Waals surface area contributed by atoms with E-state index in [1.807, 2.05) is 0 Å². The molecular formula is C18H16ClNO6S. The number of thioether (sulfide) groups is 1. The smallest absolute Gasteiger partial charge is 0.374 e. The lowest BCUT2D eigenvalue weighted by molar-refractivity contribution is -0.134. The van der Waals surface area contributed by atoms with Gasteiger partial charge in [-0.2, -0.15) is 0 Å². The molecule has 142 valence electrons. The van der Waals surface area contributed by atoms with Crippen LogP contribution in [0, 0.1) is 0 Å². The molecule has 0 bridgehead atoms. The molecule has 0 N–H and O–H groups in total. The van der Waals surface area contributed by atoms with Crippen LogP contribution >= 0.6 is 23.4 Å². The Labute approximate surface area is 164 Å². The van der Waals surface area contributed by atoms with Crippen LogP contribution in [0.2, 0.25) is 5.02 Å². The van der Waals surface area contributed by atoms with Crippen LogP contribution in [0.5, 0.6) is 0 Å². The van der Waals surface area contributed by atoms with E-state index in [1.165, 1.54) is 29.8 Å². The predicted octanol–water partition coefficient (Wildman–Crippen LogP) is 3.22. The first-order chi connectivity index (χ1) is 13.0. The second kappa shape index (κ2) is 8.49. The summed E-state index contributed by atoms with van der Waals surface area (Å²) in [5.41, 5.74) is 0.545. The topological polar surface area (TPSA) is 86.0 Å². The highest BCUT2D eigenvalue weighted by molar-refractivity contribution is 8.04. The fraction of sp³-hybridized carbons (Fsp3) is 0.278. The van der Waals surface area contributed by atoms with Gasteiger partial charge in [0.15, 0.2) is 0 Å². The zero-order valence-electron chi connectivity index (χ0n) is 14.4. The molecule has 1 fully saturated rings. The van der Waals surface area contributed by atoms with Crippen LogP contribution in [-0.4, -0.2) is 48.8 Å². The molecule has 1 aliphatic heterocycles.